The van der Waals surface area contributed by atoms with Gasteiger partial charge in [0.25, 0.3) is 0 Å². The van der Waals surface area contributed by atoms with Crippen LogP contribution in [-0.4, -0.2) is 34.3 Å². The SMILES string of the molecule is CCCCCC(O)c1ccc([C@@H]2C(CCCc3cccc(C(=O)OCC)c3)[C@H](Cl)C[C@H]2O)cc1. The van der Waals surface area contributed by atoms with Crippen molar-refractivity contribution in [1.82, 2.24) is 0 Å². The molecule has 0 saturated heterocycles. The molecule has 3 rings (SSSR count). The Bertz CT molecular complexity index is 897. The van der Waals surface area contributed by atoms with Crippen LogP contribution in [0.4, 0.5) is 0 Å². The molecule has 0 aliphatic heterocycles. The van der Waals surface area contributed by atoms with E-state index in [-0.39, 0.29) is 23.2 Å². The Labute approximate surface area is 209 Å². The summed E-state index contributed by atoms with van der Waals surface area (Å²) in [4.78, 5) is 12.0. The van der Waals surface area contributed by atoms with Gasteiger partial charge in [0.2, 0.25) is 0 Å². The molecule has 5 heteroatoms. The van der Waals surface area contributed by atoms with Crippen LogP contribution < -0.4 is 0 Å². The molecule has 0 bridgehead atoms. The Hall–Kier alpha value is -1.88. The summed E-state index contributed by atoms with van der Waals surface area (Å²) < 4.78 is 5.11. The lowest BCUT2D eigenvalue weighted by Gasteiger charge is -2.24. The van der Waals surface area contributed by atoms with E-state index in [1.54, 1.807) is 13.0 Å². The van der Waals surface area contributed by atoms with Gasteiger partial charge in [0.1, 0.15) is 0 Å². The minimum Gasteiger partial charge on any atom is -0.462 e. The summed E-state index contributed by atoms with van der Waals surface area (Å²) in [7, 11) is 0. The van der Waals surface area contributed by atoms with Gasteiger partial charge < -0.3 is 14.9 Å². The average molecular weight is 487 g/mol. The molecule has 1 fully saturated rings. The highest BCUT2D eigenvalue weighted by Gasteiger charge is 2.41. The molecule has 2 aromatic carbocycles. The van der Waals surface area contributed by atoms with Crippen molar-refractivity contribution in [3.8, 4) is 0 Å². The van der Waals surface area contributed by atoms with Crippen molar-refractivity contribution in [2.75, 3.05) is 6.61 Å². The van der Waals surface area contributed by atoms with Crippen molar-refractivity contribution in [1.29, 1.82) is 0 Å². The van der Waals surface area contributed by atoms with Gasteiger partial charge in [-0.25, -0.2) is 4.79 Å². The van der Waals surface area contributed by atoms with Gasteiger partial charge in [-0.3, -0.25) is 0 Å². The van der Waals surface area contributed by atoms with E-state index in [0.29, 0.717) is 18.6 Å². The number of halogens is 1. The fraction of sp³-hybridized carbons (Fsp3) is 0.552. The van der Waals surface area contributed by atoms with Gasteiger partial charge in [0, 0.05) is 11.3 Å². The first kappa shape index (κ1) is 26.7. The number of aliphatic hydroxyl groups excluding tert-OH is 2. The van der Waals surface area contributed by atoms with Crippen LogP contribution in [0.5, 0.6) is 0 Å². The van der Waals surface area contributed by atoms with E-state index in [1.807, 2.05) is 30.3 Å². The molecule has 2 N–H and O–H groups in total. The van der Waals surface area contributed by atoms with Gasteiger partial charge in [0.05, 0.1) is 24.4 Å². The summed E-state index contributed by atoms with van der Waals surface area (Å²) in [5.41, 5.74) is 3.72. The zero-order valence-corrected chi connectivity index (χ0v) is 21.2. The molecule has 0 heterocycles. The average Bonchev–Trinajstić information content (AvgIpc) is 3.12. The number of rotatable bonds is 12. The molecular weight excluding hydrogens is 448 g/mol. The smallest absolute Gasteiger partial charge is 0.338 e. The predicted octanol–water partition coefficient (Wildman–Crippen LogP) is 6.57. The molecule has 1 aliphatic rings. The fourth-order valence-corrected chi connectivity index (χ4v) is 5.66. The summed E-state index contributed by atoms with van der Waals surface area (Å²) in [6.07, 6.45) is 6.46. The highest BCUT2D eigenvalue weighted by atomic mass is 35.5. The van der Waals surface area contributed by atoms with Gasteiger partial charge >= 0.3 is 5.97 Å². The molecule has 1 aliphatic carbocycles. The third-order valence-electron chi connectivity index (χ3n) is 7.04. The lowest BCUT2D eigenvalue weighted by Crippen LogP contribution is -2.19. The summed E-state index contributed by atoms with van der Waals surface area (Å²) in [5.74, 6) is -0.104. The third-order valence-corrected chi connectivity index (χ3v) is 7.54. The topological polar surface area (TPSA) is 66.8 Å². The first-order chi connectivity index (χ1) is 16.4. The molecule has 2 unspecified atom stereocenters. The van der Waals surface area contributed by atoms with Gasteiger partial charge in [-0.15, -0.1) is 11.6 Å². The number of carbonyl (C=O) groups excluding carboxylic acids is 1. The van der Waals surface area contributed by atoms with Crippen LogP contribution in [0.2, 0.25) is 0 Å². The summed E-state index contributed by atoms with van der Waals surface area (Å²) in [6.45, 7) is 4.33. The minimum atomic E-state index is -0.458. The highest BCUT2D eigenvalue weighted by Crippen LogP contribution is 2.45. The number of benzene rings is 2. The molecule has 0 amide bonds. The first-order valence-corrected chi connectivity index (χ1v) is 13.2. The number of ether oxygens (including phenoxy) is 1. The van der Waals surface area contributed by atoms with Crippen molar-refractivity contribution in [2.45, 2.75) is 88.7 Å². The number of hydrogen-bond acceptors (Lipinski definition) is 4. The van der Waals surface area contributed by atoms with Crippen LogP contribution in [0.1, 0.15) is 97.9 Å². The van der Waals surface area contributed by atoms with Crippen LogP contribution in [0.25, 0.3) is 0 Å². The standard InChI is InChI=1S/C29H39ClO4/c1-3-5-6-13-26(31)21-14-16-22(17-15-21)28-24(25(30)19-27(28)32)12-8-10-20-9-7-11-23(18-20)29(33)34-4-2/h7,9,11,14-18,24-28,31-32H,3-6,8,10,12-13,19H2,1-2H3/t24?,25-,26?,27-,28-/m1/s1. The maximum atomic E-state index is 12.0. The summed E-state index contributed by atoms with van der Waals surface area (Å²) in [5, 5.41) is 21.2. The molecule has 0 spiro atoms. The van der Waals surface area contributed by atoms with Crippen LogP contribution >= 0.6 is 11.6 Å². The van der Waals surface area contributed by atoms with Crippen molar-refractivity contribution in [3.05, 3.63) is 70.8 Å². The Balaban J connectivity index is 1.61. The van der Waals surface area contributed by atoms with Gasteiger partial charge in [0.15, 0.2) is 0 Å². The molecular formula is C29H39ClO4. The van der Waals surface area contributed by atoms with Gasteiger partial charge in [-0.1, -0.05) is 62.6 Å². The number of alkyl halides is 1. The fourth-order valence-electron chi connectivity index (χ4n) is 5.20. The second kappa shape index (κ2) is 13.3. The van der Waals surface area contributed by atoms with E-state index in [2.05, 4.69) is 19.1 Å². The Kier molecular flexibility index (Phi) is 10.4. The van der Waals surface area contributed by atoms with Gasteiger partial charge in [-0.05, 0) is 73.8 Å². The molecule has 0 aromatic heterocycles. The molecule has 186 valence electrons. The third kappa shape index (κ3) is 7.07. The van der Waals surface area contributed by atoms with Crippen LogP contribution in [0.15, 0.2) is 48.5 Å². The second-order valence-corrected chi connectivity index (χ2v) is 10.1. The number of carbonyl (C=O) groups is 1. The molecule has 1 saturated carbocycles. The number of aliphatic hydroxyl groups is 2. The largest absolute Gasteiger partial charge is 0.462 e. The quantitative estimate of drug-likeness (QED) is 0.202. The van der Waals surface area contributed by atoms with E-state index in [4.69, 9.17) is 16.3 Å². The molecule has 2 aromatic rings. The lowest BCUT2D eigenvalue weighted by molar-refractivity contribution is 0.0526. The summed E-state index contributed by atoms with van der Waals surface area (Å²) in [6, 6.07) is 15.7. The Morgan fingerprint density at radius 3 is 2.59 bits per heavy atom. The van der Waals surface area contributed by atoms with E-state index >= 15 is 0 Å². The molecule has 0 radical (unpaired) electrons. The molecule has 34 heavy (non-hydrogen) atoms. The predicted molar refractivity (Wildman–Crippen MR) is 137 cm³/mol. The monoisotopic (exact) mass is 486 g/mol. The number of hydrogen-bond donors (Lipinski definition) is 2. The Morgan fingerprint density at radius 1 is 1.12 bits per heavy atom. The summed E-state index contributed by atoms with van der Waals surface area (Å²) >= 11 is 6.69. The number of aryl methyl sites for hydroxylation is 1. The van der Waals surface area contributed by atoms with Crippen molar-refractivity contribution >= 4 is 17.6 Å². The molecule has 5 atom stereocenters. The normalized spacial score (nSPS) is 23.1. The number of unbranched alkanes of at least 4 members (excludes halogenated alkanes) is 2. The van der Waals surface area contributed by atoms with Crippen molar-refractivity contribution < 1.29 is 19.7 Å². The lowest BCUT2D eigenvalue weighted by atomic mass is 9.83. The number of esters is 1. The molecule has 4 nitrogen and oxygen atoms in total. The van der Waals surface area contributed by atoms with Crippen molar-refractivity contribution in [2.24, 2.45) is 5.92 Å². The second-order valence-electron chi connectivity index (χ2n) is 9.50. The van der Waals surface area contributed by atoms with Crippen LogP contribution in [0.3, 0.4) is 0 Å². The van der Waals surface area contributed by atoms with Gasteiger partial charge in [-0.2, -0.15) is 0 Å². The van der Waals surface area contributed by atoms with E-state index in [0.717, 1.165) is 61.6 Å². The minimum absolute atomic E-state index is 0.000324. The van der Waals surface area contributed by atoms with E-state index < -0.39 is 12.2 Å². The van der Waals surface area contributed by atoms with Crippen molar-refractivity contribution in [3.63, 3.8) is 0 Å². The van der Waals surface area contributed by atoms with E-state index in [9.17, 15) is 15.0 Å². The maximum Gasteiger partial charge on any atom is 0.338 e. The zero-order valence-electron chi connectivity index (χ0n) is 20.5. The Morgan fingerprint density at radius 2 is 1.88 bits per heavy atom. The first-order valence-electron chi connectivity index (χ1n) is 12.8. The zero-order chi connectivity index (χ0) is 24.5. The van der Waals surface area contributed by atoms with E-state index in [1.165, 1.54) is 0 Å². The maximum absolute atomic E-state index is 12.0. The highest BCUT2D eigenvalue weighted by molar-refractivity contribution is 6.21. The van der Waals surface area contributed by atoms with Crippen LogP contribution in [-0.2, 0) is 11.2 Å². The van der Waals surface area contributed by atoms with Crippen LogP contribution in [0, 0.1) is 5.92 Å².